The molecule has 0 bridgehead atoms. The Labute approximate surface area is 172 Å². The van der Waals surface area contributed by atoms with E-state index >= 15 is 0 Å². The van der Waals surface area contributed by atoms with Crippen LogP contribution in [0.4, 0.5) is 5.82 Å². The van der Waals surface area contributed by atoms with Crippen LogP contribution in [0.25, 0.3) is 11.2 Å². The van der Waals surface area contributed by atoms with Gasteiger partial charge in [0.1, 0.15) is 36.8 Å². The number of nitrogen functional groups attached to an aromatic ring is 1. The highest BCUT2D eigenvalue weighted by atomic mass is 16.8. The summed E-state index contributed by atoms with van der Waals surface area (Å²) in [7, 11) is 0. The fourth-order valence-electron chi connectivity index (χ4n) is 3.60. The Balaban J connectivity index is 1.57. The third-order valence-electron chi connectivity index (χ3n) is 5.03. The highest BCUT2D eigenvalue weighted by Crippen LogP contribution is 2.43. The minimum atomic E-state index is -0.905. The van der Waals surface area contributed by atoms with Crippen molar-refractivity contribution in [2.24, 2.45) is 5.41 Å². The maximum Gasteiger partial charge on any atom is 0.375 e. The number of nitrogens with zero attached hydrogens (tertiary/aromatic N) is 4. The first-order valence-corrected chi connectivity index (χ1v) is 9.63. The van der Waals surface area contributed by atoms with Crippen LogP contribution in [0.15, 0.2) is 12.7 Å². The predicted octanol–water partition coefficient (Wildman–Crippen LogP) is 0.984. The molecule has 0 unspecified atom stereocenters. The van der Waals surface area contributed by atoms with E-state index in [-0.39, 0.29) is 12.4 Å². The molecule has 0 aliphatic carbocycles. The van der Waals surface area contributed by atoms with Gasteiger partial charge in [-0.15, -0.1) is 0 Å². The Hall–Kier alpha value is -2.63. The van der Waals surface area contributed by atoms with Crippen molar-refractivity contribution in [1.82, 2.24) is 19.5 Å². The fourth-order valence-corrected chi connectivity index (χ4v) is 3.60. The molecule has 2 fully saturated rings. The number of rotatable bonds is 4. The number of anilines is 1. The Kier molecular flexibility index (Phi) is 4.79. The topological polar surface area (TPSA) is 141 Å². The van der Waals surface area contributed by atoms with Crippen molar-refractivity contribution in [3.05, 3.63) is 12.7 Å². The van der Waals surface area contributed by atoms with Crippen LogP contribution in [0.5, 0.6) is 0 Å². The van der Waals surface area contributed by atoms with Crippen LogP contribution in [-0.4, -0.2) is 62.0 Å². The highest BCUT2D eigenvalue weighted by Gasteiger charge is 2.56. The van der Waals surface area contributed by atoms with Crippen molar-refractivity contribution in [2.75, 3.05) is 12.3 Å². The average Bonchev–Trinajstić information content (AvgIpc) is 3.30. The maximum atomic E-state index is 12.1. The van der Waals surface area contributed by atoms with Crippen LogP contribution >= 0.6 is 0 Å². The lowest BCUT2D eigenvalue weighted by Gasteiger charge is -2.24. The van der Waals surface area contributed by atoms with Gasteiger partial charge in [-0.1, -0.05) is 20.8 Å². The van der Waals surface area contributed by atoms with Gasteiger partial charge in [0.05, 0.1) is 6.33 Å². The molecule has 2 N–H and O–H groups in total. The lowest BCUT2D eigenvalue weighted by Crippen LogP contribution is -2.36. The molecule has 162 valence electrons. The number of carbonyl (C=O) groups excluding carboxylic acids is 2. The zero-order valence-electron chi connectivity index (χ0n) is 17.5. The molecule has 4 heterocycles. The Bertz CT molecular complexity index is 997. The number of nitrogens with two attached hydrogens (primary N) is 1. The van der Waals surface area contributed by atoms with E-state index in [0.29, 0.717) is 11.2 Å². The van der Waals surface area contributed by atoms with Gasteiger partial charge in [0, 0.05) is 5.41 Å². The summed E-state index contributed by atoms with van der Waals surface area (Å²) in [4.78, 5) is 36.7. The molecule has 2 aliphatic heterocycles. The Morgan fingerprint density at radius 3 is 2.60 bits per heavy atom. The first-order valence-electron chi connectivity index (χ1n) is 9.63. The second kappa shape index (κ2) is 6.96. The van der Waals surface area contributed by atoms with Crippen LogP contribution < -0.4 is 5.73 Å². The van der Waals surface area contributed by atoms with Gasteiger partial charge in [-0.25, -0.2) is 19.7 Å². The third kappa shape index (κ3) is 3.53. The minimum absolute atomic E-state index is 0.151. The van der Waals surface area contributed by atoms with Gasteiger partial charge >= 0.3 is 5.97 Å². The molecule has 2 saturated heterocycles. The molecule has 2 aromatic heterocycles. The van der Waals surface area contributed by atoms with Gasteiger partial charge in [-0.05, 0) is 13.8 Å². The van der Waals surface area contributed by atoms with Crippen molar-refractivity contribution in [3.8, 4) is 0 Å². The quantitative estimate of drug-likeness (QED) is 0.563. The van der Waals surface area contributed by atoms with Gasteiger partial charge in [-0.3, -0.25) is 9.36 Å². The fraction of sp³-hybridized carbons (Fsp3) is 0.632. The van der Waals surface area contributed by atoms with E-state index in [1.165, 1.54) is 6.33 Å². The molecule has 2 aromatic rings. The van der Waals surface area contributed by atoms with E-state index in [9.17, 15) is 9.59 Å². The number of ketones is 1. The lowest BCUT2D eigenvalue weighted by atomic mass is 9.91. The summed E-state index contributed by atoms with van der Waals surface area (Å²) < 4.78 is 25.1. The number of imidazole rings is 1. The molecule has 11 heteroatoms. The number of aromatic nitrogens is 4. The molecule has 0 saturated carbocycles. The highest BCUT2D eigenvalue weighted by molar-refractivity contribution is 6.35. The van der Waals surface area contributed by atoms with E-state index < -0.39 is 47.5 Å². The minimum Gasteiger partial charge on any atom is -0.457 e. The molecular formula is C19H25N5O6. The number of hydrogen-bond donors (Lipinski definition) is 1. The number of ether oxygens (including phenoxy) is 4. The number of hydrogen-bond acceptors (Lipinski definition) is 10. The lowest BCUT2D eigenvalue weighted by molar-refractivity contribution is -0.202. The molecule has 4 rings (SSSR count). The number of Topliss-reactive ketones (excluding diaryl/α,β-unsaturated/α-hetero) is 1. The summed E-state index contributed by atoms with van der Waals surface area (Å²) in [6, 6.07) is 0. The van der Waals surface area contributed by atoms with Crippen LogP contribution in [0.3, 0.4) is 0 Å². The van der Waals surface area contributed by atoms with E-state index in [1.54, 1.807) is 45.5 Å². The number of esters is 1. The molecule has 0 aromatic carbocycles. The van der Waals surface area contributed by atoms with Crippen molar-refractivity contribution in [3.63, 3.8) is 0 Å². The van der Waals surface area contributed by atoms with E-state index in [1.807, 2.05) is 0 Å². The second-order valence-electron chi connectivity index (χ2n) is 8.89. The summed E-state index contributed by atoms with van der Waals surface area (Å²) >= 11 is 0. The van der Waals surface area contributed by atoms with E-state index in [4.69, 9.17) is 24.7 Å². The van der Waals surface area contributed by atoms with E-state index in [2.05, 4.69) is 15.0 Å². The molecule has 0 radical (unpaired) electrons. The monoisotopic (exact) mass is 419 g/mol. The largest absolute Gasteiger partial charge is 0.457 e. The smallest absolute Gasteiger partial charge is 0.375 e. The van der Waals surface area contributed by atoms with Crippen molar-refractivity contribution >= 4 is 28.7 Å². The third-order valence-corrected chi connectivity index (χ3v) is 5.03. The number of fused-ring (bicyclic) bond motifs is 2. The zero-order valence-corrected chi connectivity index (χ0v) is 17.5. The molecule has 11 nitrogen and oxygen atoms in total. The Morgan fingerprint density at radius 2 is 1.90 bits per heavy atom. The number of carbonyl (C=O) groups is 2. The summed E-state index contributed by atoms with van der Waals surface area (Å²) in [5.41, 5.74) is 5.98. The second-order valence-corrected chi connectivity index (χ2v) is 8.89. The van der Waals surface area contributed by atoms with Crippen LogP contribution in [0, 0.1) is 5.41 Å². The summed E-state index contributed by atoms with van der Waals surface area (Å²) in [6.07, 6.45) is 0.585. The standard InChI is InChI=1S/C19H25N5O6/c1-18(2,3)13(25)17(26)27-6-9-11-12(30-19(4,5)29-11)16(28-9)24-8-23-10-14(20)21-7-22-15(10)24/h7-9,11-12,16H,6H2,1-5H3,(H2,20,21,22)/t9-,11-,12-,16-/m1/s1. The van der Waals surface area contributed by atoms with Gasteiger partial charge in [0.25, 0.3) is 0 Å². The first-order chi connectivity index (χ1) is 14.0. The normalized spacial score (nSPS) is 27.9. The SMILES string of the molecule is CC1(C)O[C@@H]2[C@H](O1)[C@@H](COC(=O)C(=O)C(C)(C)C)O[C@H]2n1cnc2c(N)ncnc21. The van der Waals surface area contributed by atoms with Gasteiger partial charge in [0.15, 0.2) is 23.5 Å². The molecule has 2 aliphatic rings. The molecule has 0 spiro atoms. The molecular weight excluding hydrogens is 394 g/mol. The Morgan fingerprint density at radius 1 is 1.20 bits per heavy atom. The van der Waals surface area contributed by atoms with Crippen molar-refractivity contribution < 1.29 is 28.5 Å². The van der Waals surface area contributed by atoms with Gasteiger partial charge < -0.3 is 24.7 Å². The predicted molar refractivity (Wildman–Crippen MR) is 103 cm³/mol. The summed E-state index contributed by atoms with van der Waals surface area (Å²) in [5.74, 6) is -2.11. The molecule has 30 heavy (non-hydrogen) atoms. The summed E-state index contributed by atoms with van der Waals surface area (Å²) in [5, 5.41) is 0. The molecule has 0 amide bonds. The maximum absolute atomic E-state index is 12.1. The van der Waals surface area contributed by atoms with E-state index in [0.717, 1.165) is 0 Å². The average molecular weight is 419 g/mol. The summed E-state index contributed by atoms with van der Waals surface area (Å²) in [6.45, 7) is 8.40. The van der Waals surface area contributed by atoms with Crippen LogP contribution in [0.1, 0.15) is 40.8 Å². The van der Waals surface area contributed by atoms with Crippen molar-refractivity contribution in [2.45, 2.75) is 64.9 Å². The zero-order chi connectivity index (χ0) is 21.8. The van der Waals surface area contributed by atoms with Gasteiger partial charge in [0.2, 0.25) is 5.78 Å². The van der Waals surface area contributed by atoms with Gasteiger partial charge in [-0.2, -0.15) is 0 Å². The first kappa shape index (κ1) is 20.6. The van der Waals surface area contributed by atoms with Crippen LogP contribution in [-0.2, 0) is 28.5 Å². The molecule has 4 atom stereocenters. The van der Waals surface area contributed by atoms with Crippen LogP contribution in [0.2, 0.25) is 0 Å². The van der Waals surface area contributed by atoms with Crippen molar-refractivity contribution in [1.29, 1.82) is 0 Å².